The van der Waals surface area contributed by atoms with Gasteiger partial charge in [-0.05, 0) is 48.6 Å². The van der Waals surface area contributed by atoms with E-state index in [-0.39, 0.29) is 0 Å². The Morgan fingerprint density at radius 3 is 2.96 bits per heavy atom. The molecule has 0 spiro atoms. The maximum Gasteiger partial charge on any atom is 0.178 e. The molecule has 126 valence electrons. The summed E-state index contributed by atoms with van der Waals surface area (Å²) in [6, 6.07) is 10.2. The molecule has 0 saturated carbocycles. The highest BCUT2D eigenvalue weighted by Gasteiger charge is 2.12. The second kappa shape index (κ2) is 5.81. The number of hydrogen-bond acceptors (Lipinski definition) is 4. The lowest BCUT2D eigenvalue weighted by atomic mass is 9.99. The van der Waals surface area contributed by atoms with Crippen molar-refractivity contribution in [1.29, 1.82) is 0 Å². The standard InChI is InChI=1S/C21H17N5/c1-13-16-9-8-15(24-21-20-19(25-26-21)7-4-10-22-20)11-17(16)18(12-23-13)14-5-2-3-6-14/h2,4-12H,3H2,1H3,(H2,24,25,26). The molecule has 5 heteroatoms. The van der Waals surface area contributed by atoms with Gasteiger partial charge in [0.05, 0.1) is 5.52 Å². The summed E-state index contributed by atoms with van der Waals surface area (Å²) in [7, 11) is 0. The van der Waals surface area contributed by atoms with Gasteiger partial charge in [0.15, 0.2) is 5.82 Å². The SMILES string of the molecule is Cc1ncc(C2=CCC=C2)c2cc(Nc3n[nH]c4cccnc34)ccc12. The molecule has 0 unspecified atom stereocenters. The lowest BCUT2D eigenvalue weighted by molar-refractivity contribution is 1.12. The largest absolute Gasteiger partial charge is 0.337 e. The van der Waals surface area contributed by atoms with Crippen molar-refractivity contribution in [2.24, 2.45) is 0 Å². The second-order valence-corrected chi connectivity index (χ2v) is 6.41. The van der Waals surface area contributed by atoms with Crippen molar-refractivity contribution in [2.45, 2.75) is 13.3 Å². The highest BCUT2D eigenvalue weighted by molar-refractivity contribution is 5.99. The van der Waals surface area contributed by atoms with Gasteiger partial charge in [-0.1, -0.05) is 24.3 Å². The highest BCUT2D eigenvalue weighted by Crippen LogP contribution is 2.32. The maximum absolute atomic E-state index is 4.58. The van der Waals surface area contributed by atoms with E-state index in [0.717, 1.165) is 40.2 Å². The number of allylic oxidation sites excluding steroid dienone is 4. The smallest absolute Gasteiger partial charge is 0.178 e. The highest BCUT2D eigenvalue weighted by atomic mass is 15.2. The van der Waals surface area contributed by atoms with Gasteiger partial charge in [0.2, 0.25) is 0 Å². The van der Waals surface area contributed by atoms with E-state index < -0.39 is 0 Å². The number of benzene rings is 1. The Balaban J connectivity index is 1.63. The van der Waals surface area contributed by atoms with Crippen molar-refractivity contribution in [2.75, 3.05) is 5.32 Å². The lowest BCUT2D eigenvalue weighted by Gasteiger charge is -2.11. The normalized spacial score (nSPS) is 13.5. The maximum atomic E-state index is 4.58. The quantitative estimate of drug-likeness (QED) is 0.557. The number of nitrogens with zero attached hydrogens (tertiary/aromatic N) is 3. The van der Waals surface area contributed by atoms with Crippen LogP contribution in [0.5, 0.6) is 0 Å². The Kier molecular flexibility index (Phi) is 3.31. The fourth-order valence-corrected chi connectivity index (χ4v) is 3.43. The van der Waals surface area contributed by atoms with Crippen molar-refractivity contribution < 1.29 is 0 Å². The van der Waals surface area contributed by atoms with Crippen molar-refractivity contribution in [3.05, 3.63) is 72.2 Å². The predicted octanol–water partition coefficient (Wildman–Crippen LogP) is 4.90. The molecule has 3 aromatic heterocycles. The van der Waals surface area contributed by atoms with Gasteiger partial charge in [-0.15, -0.1) is 0 Å². The molecule has 0 bridgehead atoms. The topological polar surface area (TPSA) is 66.5 Å². The van der Waals surface area contributed by atoms with Crippen molar-refractivity contribution in [3.63, 3.8) is 0 Å². The van der Waals surface area contributed by atoms with Gasteiger partial charge in [-0.25, -0.2) is 0 Å². The molecule has 0 saturated heterocycles. The molecular formula is C21H17N5. The Morgan fingerprint density at radius 1 is 1.12 bits per heavy atom. The third-order valence-corrected chi connectivity index (χ3v) is 4.75. The van der Waals surface area contributed by atoms with Gasteiger partial charge < -0.3 is 5.32 Å². The zero-order valence-electron chi connectivity index (χ0n) is 14.3. The molecule has 3 heterocycles. The van der Waals surface area contributed by atoms with Crippen LogP contribution in [0.2, 0.25) is 0 Å². The van der Waals surface area contributed by atoms with Crippen LogP contribution in [0.25, 0.3) is 27.4 Å². The van der Waals surface area contributed by atoms with Gasteiger partial charge >= 0.3 is 0 Å². The molecular weight excluding hydrogens is 322 g/mol. The molecule has 4 aromatic rings. The minimum absolute atomic E-state index is 0.729. The summed E-state index contributed by atoms with van der Waals surface area (Å²) in [6.45, 7) is 2.04. The Labute approximate surface area is 150 Å². The summed E-state index contributed by atoms with van der Waals surface area (Å²) >= 11 is 0. The van der Waals surface area contributed by atoms with Crippen LogP contribution >= 0.6 is 0 Å². The van der Waals surface area contributed by atoms with Crippen molar-refractivity contribution in [3.8, 4) is 0 Å². The van der Waals surface area contributed by atoms with E-state index in [1.165, 1.54) is 16.3 Å². The van der Waals surface area contributed by atoms with Crippen LogP contribution in [0.4, 0.5) is 11.5 Å². The third kappa shape index (κ3) is 2.37. The van der Waals surface area contributed by atoms with Gasteiger partial charge in [0.1, 0.15) is 5.52 Å². The molecule has 0 aliphatic heterocycles. The minimum atomic E-state index is 0.729. The first-order valence-corrected chi connectivity index (χ1v) is 8.62. The first-order valence-electron chi connectivity index (χ1n) is 8.62. The summed E-state index contributed by atoms with van der Waals surface area (Å²) < 4.78 is 0. The number of fused-ring (bicyclic) bond motifs is 2. The fraction of sp³-hybridized carbons (Fsp3) is 0.0952. The van der Waals surface area contributed by atoms with Crippen LogP contribution < -0.4 is 5.32 Å². The number of aromatic amines is 1. The number of aryl methyl sites for hydroxylation is 1. The van der Waals surface area contributed by atoms with E-state index in [1.807, 2.05) is 25.3 Å². The molecule has 1 aromatic carbocycles. The molecule has 5 rings (SSSR count). The van der Waals surface area contributed by atoms with Crippen LogP contribution in [0, 0.1) is 6.92 Å². The van der Waals surface area contributed by atoms with Crippen molar-refractivity contribution >= 4 is 38.9 Å². The summed E-state index contributed by atoms with van der Waals surface area (Å²) in [5, 5.41) is 13.1. The molecule has 0 amide bonds. The van der Waals surface area contributed by atoms with E-state index >= 15 is 0 Å². The Bertz CT molecular complexity index is 1200. The molecule has 1 aliphatic rings. The third-order valence-electron chi connectivity index (χ3n) is 4.75. The van der Waals surface area contributed by atoms with E-state index in [0.29, 0.717) is 0 Å². The van der Waals surface area contributed by atoms with E-state index in [1.54, 1.807) is 6.20 Å². The van der Waals surface area contributed by atoms with Gasteiger partial charge in [0.25, 0.3) is 0 Å². The first-order chi connectivity index (χ1) is 12.8. The van der Waals surface area contributed by atoms with Crippen LogP contribution in [0.15, 0.2) is 61.0 Å². The Hall–Kier alpha value is -3.47. The van der Waals surface area contributed by atoms with Crippen LogP contribution in [-0.2, 0) is 0 Å². The molecule has 2 N–H and O–H groups in total. The van der Waals surface area contributed by atoms with E-state index in [9.17, 15) is 0 Å². The number of anilines is 2. The number of hydrogen-bond donors (Lipinski definition) is 2. The van der Waals surface area contributed by atoms with Gasteiger partial charge in [-0.3, -0.25) is 15.1 Å². The predicted molar refractivity (Wildman–Crippen MR) is 105 cm³/mol. The summed E-state index contributed by atoms with van der Waals surface area (Å²) in [4.78, 5) is 8.99. The van der Waals surface area contributed by atoms with Crippen molar-refractivity contribution in [1.82, 2.24) is 20.2 Å². The second-order valence-electron chi connectivity index (χ2n) is 6.41. The molecule has 5 nitrogen and oxygen atoms in total. The summed E-state index contributed by atoms with van der Waals surface area (Å²) in [5.41, 5.74) is 6.15. The van der Waals surface area contributed by atoms with E-state index in [2.05, 4.69) is 61.9 Å². The lowest BCUT2D eigenvalue weighted by Crippen LogP contribution is -1.95. The zero-order chi connectivity index (χ0) is 17.5. The molecule has 26 heavy (non-hydrogen) atoms. The average Bonchev–Trinajstić information content (AvgIpc) is 3.33. The zero-order valence-corrected chi connectivity index (χ0v) is 14.3. The van der Waals surface area contributed by atoms with Crippen LogP contribution in [0.1, 0.15) is 17.7 Å². The number of nitrogens with one attached hydrogen (secondary N) is 2. The molecule has 0 radical (unpaired) electrons. The number of pyridine rings is 2. The fourth-order valence-electron chi connectivity index (χ4n) is 3.43. The Morgan fingerprint density at radius 2 is 2.08 bits per heavy atom. The number of rotatable bonds is 3. The summed E-state index contributed by atoms with van der Waals surface area (Å²) in [5.74, 6) is 0.729. The average molecular weight is 339 g/mol. The minimum Gasteiger partial charge on any atom is -0.337 e. The molecule has 0 fully saturated rings. The molecule has 1 aliphatic carbocycles. The monoisotopic (exact) mass is 339 g/mol. The molecule has 0 atom stereocenters. The number of H-pyrrole nitrogens is 1. The van der Waals surface area contributed by atoms with Gasteiger partial charge in [0, 0.05) is 34.7 Å². The van der Waals surface area contributed by atoms with Gasteiger partial charge in [-0.2, -0.15) is 5.10 Å². The van der Waals surface area contributed by atoms with E-state index in [4.69, 9.17) is 0 Å². The van der Waals surface area contributed by atoms with Crippen LogP contribution in [-0.4, -0.2) is 20.2 Å². The summed E-state index contributed by atoms with van der Waals surface area (Å²) in [6.07, 6.45) is 11.3. The number of aromatic nitrogens is 4. The first kappa shape index (κ1) is 14.8. The van der Waals surface area contributed by atoms with Crippen LogP contribution in [0.3, 0.4) is 0 Å².